The smallest absolute Gasteiger partial charge is 0.121 e. The number of furan rings is 1. The van der Waals surface area contributed by atoms with E-state index in [0.29, 0.717) is 11.1 Å². The van der Waals surface area contributed by atoms with Gasteiger partial charge in [0.05, 0.1) is 11.1 Å². The Balaban J connectivity index is 0.000000197. The topological polar surface area (TPSA) is 38.9 Å². The van der Waals surface area contributed by atoms with Crippen molar-refractivity contribution >= 4 is 43.4 Å². The maximum Gasteiger partial charge on any atom is 0.121 e. The molecule has 0 unspecified atom stereocenters. The summed E-state index contributed by atoms with van der Waals surface area (Å²) in [4.78, 5) is 9.71. The van der Waals surface area contributed by atoms with Crippen LogP contribution in [0.5, 0.6) is 0 Å². The minimum Gasteiger partial charge on any atom is -0.501 e. The number of benzene rings is 3. The van der Waals surface area contributed by atoms with Gasteiger partial charge < -0.3 is 14.4 Å². The fraction of sp³-hybridized carbons (Fsp3) is 0.118. The molecule has 3 nitrogen and oxygen atoms in total. The van der Waals surface area contributed by atoms with Gasteiger partial charge in [-0.05, 0) is 67.4 Å². The summed E-state index contributed by atoms with van der Waals surface area (Å²) in [7, 11) is 0. The van der Waals surface area contributed by atoms with Crippen molar-refractivity contribution in [1.82, 2.24) is 9.97 Å². The maximum atomic E-state index is 8.18. The molecule has 0 aliphatic rings. The number of fused-ring (bicyclic) bond motifs is 4. The second-order valence-corrected chi connectivity index (χ2v) is 10.6. The van der Waals surface area contributed by atoms with E-state index in [1.807, 2.05) is 24.4 Å². The first-order chi connectivity index (χ1) is 20.1. The first kappa shape index (κ1) is 22.2. The summed E-state index contributed by atoms with van der Waals surface area (Å²) in [5, 5.41) is 2.96. The number of rotatable bonds is 2. The second kappa shape index (κ2) is 11.2. The van der Waals surface area contributed by atoms with Crippen LogP contribution in [0.25, 0.3) is 54.5 Å². The van der Waals surface area contributed by atoms with Crippen molar-refractivity contribution in [3.05, 3.63) is 119 Å². The average Bonchev–Trinajstić information content (AvgIpc) is 3.53. The fourth-order valence-electron chi connectivity index (χ4n) is 4.36. The van der Waals surface area contributed by atoms with Gasteiger partial charge in [0.1, 0.15) is 5.58 Å². The molecule has 7 aromatic rings. The Kier molecular flexibility index (Phi) is 6.40. The van der Waals surface area contributed by atoms with Gasteiger partial charge in [0.25, 0.3) is 0 Å². The van der Waals surface area contributed by atoms with E-state index in [1.165, 1.54) is 26.3 Å². The van der Waals surface area contributed by atoms with Crippen molar-refractivity contribution in [3.8, 4) is 22.5 Å². The van der Waals surface area contributed by atoms with Crippen LogP contribution < -0.4 is 0 Å². The molecule has 4 aromatic heterocycles. The van der Waals surface area contributed by atoms with Crippen LogP contribution in [-0.2, 0) is 20.1 Å². The molecule has 3 aromatic carbocycles. The van der Waals surface area contributed by atoms with Crippen molar-refractivity contribution in [3.63, 3.8) is 0 Å². The SMILES string of the molecule is Cc1c[c-]c(-c2cc(C)c(C)cn2)cc1.[2H]c1nc(-c2[c-]ccc3c2oc2cc4cc(C)sc4cc23)c([2H])c([2H])c1[2H].[Ir]. The molecule has 0 spiro atoms. The molecule has 0 aliphatic carbocycles. The molecular formula is C34H26IrN2OS-2. The number of pyridine rings is 2. The van der Waals surface area contributed by atoms with Crippen LogP contribution in [0.2, 0.25) is 0 Å². The van der Waals surface area contributed by atoms with Crippen molar-refractivity contribution in [2.45, 2.75) is 27.7 Å². The molecule has 0 N–H and O–H groups in total. The molecular weight excluding hydrogens is 677 g/mol. The first-order valence-corrected chi connectivity index (χ1v) is 13.1. The predicted molar refractivity (Wildman–Crippen MR) is 159 cm³/mol. The van der Waals surface area contributed by atoms with Gasteiger partial charge in [0.15, 0.2) is 0 Å². The summed E-state index contributed by atoms with van der Waals surface area (Å²) in [6.45, 7) is 8.32. The average molecular weight is 707 g/mol. The van der Waals surface area contributed by atoms with E-state index < -0.39 is 0 Å². The van der Waals surface area contributed by atoms with E-state index in [0.717, 1.165) is 33.0 Å². The number of thiophene rings is 1. The third-order valence-electron chi connectivity index (χ3n) is 6.51. The maximum absolute atomic E-state index is 8.18. The summed E-state index contributed by atoms with van der Waals surface area (Å²) >= 11 is 1.73. The van der Waals surface area contributed by atoms with Gasteiger partial charge in [-0.1, -0.05) is 41.6 Å². The Labute approximate surface area is 251 Å². The summed E-state index contributed by atoms with van der Waals surface area (Å²) < 4.78 is 38.9. The van der Waals surface area contributed by atoms with Gasteiger partial charge in [-0.3, -0.25) is 0 Å². The fourth-order valence-corrected chi connectivity index (χ4v) is 5.31. The summed E-state index contributed by atoms with van der Waals surface area (Å²) in [6, 6.07) is 23.5. The van der Waals surface area contributed by atoms with E-state index in [4.69, 9.17) is 9.90 Å². The molecule has 195 valence electrons. The molecule has 0 aliphatic heterocycles. The summed E-state index contributed by atoms with van der Waals surface area (Å²) in [5.41, 5.74) is 7.62. The monoisotopic (exact) mass is 707 g/mol. The number of nitrogens with zero attached hydrogens (tertiary/aromatic N) is 2. The number of hydrogen-bond acceptors (Lipinski definition) is 4. The van der Waals surface area contributed by atoms with E-state index in [-0.39, 0.29) is 50.1 Å². The predicted octanol–water partition coefficient (Wildman–Crippen LogP) is 9.44. The quantitative estimate of drug-likeness (QED) is 0.168. The van der Waals surface area contributed by atoms with Gasteiger partial charge in [-0.25, -0.2) is 0 Å². The third-order valence-corrected chi connectivity index (χ3v) is 7.53. The van der Waals surface area contributed by atoms with Crippen LogP contribution in [0.15, 0.2) is 89.5 Å². The van der Waals surface area contributed by atoms with Crippen molar-refractivity contribution in [2.75, 3.05) is 0 Å². The Bertz CT molecular complexity index is 2140. The molecule has 5 heteroatoms. The standard InChI is InChI=1S/C20H12NOS.C14H14N.Ir/c1-12-9-13-10-18-16(11-19(13)23-12)14-5-4-6-15(20(14)22-18)17-7-2-3-8-21-17;1-10-4-6-13(7-5-10)14-8-11(2)12(3)9-15-14;/h2-5,7-11H,1H3;4-6,8-9H,1-3H3;/q2*-1;/i2D,3D,7D,8D;;. The molecule has 0 bridgehead atoms. The summed E-state index contributed by atoms with van der Waals surface area (Å²) in [5.74, 6) is 0. The zero-order chi connectivity index (χ0) is 29.7. The molecule has 0 fully saturated rings. The zero-order valence-corrected chi connectivity index (χ0v) is 25.0. The number of aryl methyl sites for hydroxylation is 4. The molecule has 39 heavy (non-hydrogen) atoms. The van der Waals surface area contributed by atoms with E-state index >= 15 is 0 Å². The first-order valence-electron chi connectivity index (χ1n) is 14.2. The Morgan fingerprint density at radius 3 is 2.54 bits per heavy atom. The van der Waals surface area contributed by atoms with Crippen LogP contribution in [0.4, 0.5) is 0 Å². The molecule has 0 atom stereocenters. The minimum absolute atomic E-state index is 0. The van der Waals surface area contributed by atoms with Crippen LogP contribution in [0, 0.1) is 39.8 Å². The van der Waals surface area contributed by atoms with E-state index in [2.05, 4.69) is 80.1 Å². The zero-order valence-electron chi connectivity index (χ0n) is 25.8. The van der Waals surface area contributed by atoms with Crippen LogP contribution in [-0.4, -0.2) is 9.97 Å². The van der Waals surface area contributed by atoms with E-state index in [1.54, 1.807) is 17.4 Å². The molecule has 0 saturated carbocycles. The molecule has 1 radical (unpaired) electrons. The van der Waals surface area contributed by atoms with Crippen LogP contribution in [0.1, 0.15) is 27.1 Å². The Hall–Kier alpha value is -3.63. The normalized spacial score (nSPS) is 12.3. The van der Waals surface area contributed by atoms with Crippen molar-refractivity contribution in [1.29, 1.82) is 0 Å². The molecule has 7 rings (SSSR count). The molecule has 0 saturated heterocycles. The number of hydrogen-bond donors (Lipinski definition) is 0. The second-order valence-electron chi connectivity index (χ2n) is 9.32. The molecule has 0 amide bonds. The van der Waals surface area contributed by atoms with Gasteiger partial charge in [-0.2, -0.15) is 0 Å². The van der Waals surface area contributed by atoms with Crippen molar-refractivity contribution in [2.24, 2.45) is 0 Å². The third kappa shape index (κ3) is 5.44. The van der Waals surface area contributed by atoms with Crippen molar-refractivity contribution < 1.29 is 30.0 Å². The number of aromatic nitrogens is 2. The Morgan fingerprint density at radius 2 is 1.74 bits per heavy atom. The van der Waals surface area contributed by atoms with E-state index in [9.17, 15) is 0 Å². The van der Waals surface area contributed by atoms with Gasteiger partial charge in [0.2, 0.25) is 0 Å². The molecule has 4 heterocycles. The van der Waals surface area contributed by atoms with Crippen LogP contribution >= 0.6 is 11.3 Å². The van der Waals surface area contributed by atoms with Gasteiger partial charge in [-0.15, -0.1) is 64.9 Å². The Morgan fingerprint density at radius 1 is 0.872 bits per heavy atom. The van der Waals surface area contributed by atoms with Gasteiger partial charge >= 0.3 is 0 Å². The largest absolute Gasteiger partial charge is 0.501 e. The summed E-state index contributed by atoms with van der Waals surface area (Å²) in [6.07, 6.45) is 1.58. The minimum atomic E-state index is -0.351. The van der Waals surface area contributed by atoms with Crippen LogP contribution in [0.3, 0.4) is 0 Å². The van der Waals surface area contributed by atoms with Gasteiger partial charge in [0, 0.05) is 47.4 Å².